The van der Waals surface area contributed by atoms with Crippen molar-refractivity contribution in [2.45, 2.75) is 322 Å². The van der Waals surface area contributed by atoms with E-state index in [0.717, 1.165) is 57.9 Å². The monoisotopic (exact) mass is 1150 g/mol. The Labute approximate surface area is 508 Å². The first-order chi connectivity index (χ1) is 38.0. The van der Waals surface area contributed by atoms with Crippen LogP contribution in [0.5, 0.6) is 0 Å². The summed E-state index contributed by atoms with van der Waals surface area (Å²) in [5, 5.41) is 0. The minimum absolute atomic E-state index is 0.514. The molecule has 0 N–H and O–H groups in total. The molecule has 14 heteroatoms. The summed E-state index contributed by atoms with van der Waals surface area (Å²) in [6, 6.07) is 3.64. The molecular weight excluding hydrogens is 1020 g/mol. The fraction of sp³-hybridized carbons (Fsp3) is 0.696. The highest BCUT2D eigenvalue weighted by atomic mass is 15.1. The Morgan fingerprint density at radius 2 is 0.482 bits per heavy atom. The van der Waals surface area contributed by atoms with Gasteiger partial charge >= 0.3 is 0 Å². The molecule has 0 fully saturated rings. The maximum atomic E-state index is 4.59. The van der Waals surface area contributed by atoms with Gasteiger partial charge < -0.3 is 32.0 Å². The van der Waals surface area contributed by atoms with E-state index in [2.05, 4.69) is 322 Å². The van der Waals surface area contributed by atoms with Crippen LogP contribution in [0.2, 0.25) is 0 Å². The molecule has 7 rings (SSSR count). The Kier molecular flexibility index (Phi) is 30.2. The van der Waals surface area contributed by atoms with Gasteiger partial charge in [-0.3, -0.25) is 0 Å². The van der Waals surface area contributed by atoms with Crippen LogP contribution in [0.4, 0.5) is 0 Å². The second kappa shape index (κ2) is 33.2. The summed E-state index contributed by atoms with van der Waals surface area (Å²) < 4.78 is 15.8. The number of imidazole rings is 7. The highest BCUT2D eigenvalue weighted by molar-refractivity contribution is 5.22. The highest BCUT2D eigenvalue weighted by Crippen LogP contribution is 2.26. The van der Waals surface area contributed by atoms with E-state index in [1.165, 1.54) is 51.2 Å². The minimum Gasteiger partial charge on any atom is -0.332 e. The van der Waals surface area contributed by atoms with Crippen molar-refractivity contribution >= 4 is 0 Å². The van der Waals surface area contributed by atoms with Gasteiger partial charge in [-0.25, -0.2) is 34.9 Å². The fourth-order valence-electron chi connectivity index (χ4n) is 11.5. The van der Waals surface area contributed by atoms with E-state index in [9.17, 15) is 0 Å². The van der Waals surface area contributed by atoms with Crippen molar-refractivity contribution in [1.29, 1.82) is 0 Å². The lowest BCUT2D eigenvalue weighted by Gasteiger charge is -2.12. The Morgan fingerprint density at radius 1 is 0.241 bits per heavy atom. The van der Waals surface area contributed by atoms with E-state index in [1.807, 2.05) is 13.8 Å². The van der Waals surface area contributed by atoms with Gasteiger partial charge in [-0.1, -0.05) is 55.4 Å². The second-order valence-corrected chi connectivity index (χ2v) is 26.1. The largest absolute Gasteiger partial charge is 0.332 e. The molecule has 0 aliphatic carbocycles. The van der Waals surface area contributed by atoms with E-state index in [-0.39, 0.29) is 0 Å². The number of aromatic nitrogens is 14. The number of hydrogen-bond acceptors (Lipinski definition) is 7. The van der Waals surface area contributed by atoms with Crippen LogP contribution in [0, 0.1) is 104 Å². The van der Waals surface area contributed by atoms with Crippen molar-refractivity contribution in [3.8, 4) is 0 Å². The lowest BCUT2D eigenvalue weighted by atomic mass is 10.1. The molecule has 0 aliphatic heterocycles. The molecule has 0 saturated carbocycles. The lowest BCUT2D eigenvalue weighted by molar-refractivity contribution is 0.567. The number of hydrogen-bond donors (Lipinski definition) is 0. The van der Waals surface area contributed by atoms with Crippen LogP contribution >= 0.6 is 0 Å². The summed E-state index contributed by atoms with van der Waals surface area (Å²) in [5.41, 5.74) is 14.9. The molecule has 7 aromatic rings. The van der Waals surface area contributed by atoms with Crippen molar-refractivity contribution in [3.63, 3.8) is 0 Å². The lowest BCUT2D eigenvalue weighted by Crippen LogP contribution is -2.05. The van der Waals surface area contributed by atoms with Gasteiger partial charge in [0, 0.05) is 83.2 Å². The molecule has 14 nitrogen and oxygen atoms in total. The smallest absolute Gasteiger partial charge is 0.106 e. The average molecular weight is 1150 g/mol. The molecule has 0 aromatic carbocycles. The van der Waals surface area contributed by atoms with Gasteiger partial charge in [0.25, 0.3) is 0 Å². The van der Waals surface area contributed by atoms with E-state index in [0.29, 0.717) is 66.0 Å². The summed E-state index contributed by atoms with van der Waals surface area (Å²) in [5.74, 6) is 9.98. The third-order valence-electron chi connectivity index (χ3n) is 15.1. The molecular formula is C69H124N14. The van der Waals surface area contributed by atoms with Crippen molar-refractivity contribution in [2.75, 3.05) is 0 Å². The van der Waals surface area contributed by atoms with Gasteiger partial charge in [-0.15, -0.1) is 0 Å². The first kappa shape index (κ1) is 75.5. The van der Waals surface area contributed by atoms with Crippen LogP contribution in [0.1, 0.15) is 327 Å². The van der Waals surface area contributed by atoms with Crippen LogP contribution in [-0.2, 0) is 0 Å². The second-order valence-electron chi connectivity index (χ2n) is 26.1. The van der Waals surface area contributed by atoms with Crippen LogP contribution < -0.4 is 0 Å². The molecule has 83 heavy (non-hydrogen) atoms. The summed E-state index contributed by atoms with van der Waals surface area (Å²) in [6.07, 6.45) is 4.24. The van der Waals surface area contributed by atoms with Gasteiger partial charge in [0.2, 0.25) is 0 Å². The van der Waals surface area contributed by atoms with Crippen molar-refractivity contribution in [3.05, 3.63) is 121 Å². The van der Waals surface area contributed by atoms with Crippen molar-refractivity contribution < 1.29 is 0 Å². The Hall–Kier alpha value is -5.53. The first-order valence-electron chi connectivity index (χ1n) is 31.3. The van der Waals surface area contributed by atoms with Crippen LogP contribution in [0.25, 0.3) is 0 Å². The van der Waals surface area contributed by atoms with Gasteiger partial charge in [0.15, 0.2) is 0 Å². The molecule has 470 valence electrons. The number of aryl methyl sites for hydroxylation is 10. The summed E-state index contributed by atoms with van der Waals surface area (Å²) >= 11 is 0. The summed E-state index contributed by atoms with van der Waals surface area (Å²) in [4.78, 5) is 31.4. The molecule has 7 heterocycles. The highest BCUT2D eigenvalue weighted by Gasteiger charge is 2.18. The minimum atomic E-state index is 0.514. The fourth-order valence-corrected chi connectivity index (χ4v) is 11.5. The Balaban J connectivity index is 0.000000485. The maximum absolute atomic E-state index is 4.59. The van der Waals surface area contributed by atoms with Crippen LogP contribution in [0.3, 0.4) is 0 Å². The standard InChI is InChI=1S/3C11H20N2.C10H18N2.2C9H16N2.C8H14N2/c3*1-7(2)11-9(5)13(8(3)4)10(6)12-11;1-7(2)10-6-12(8(3)4)9(5)11-10;2*1-6(2)11-8(4)7(3)10-9(11)5;1-6(2)10-5-7(3)9-8(10)4/h3*7-8H,1-6H3;6-8H,1-5H3;2*6H,1-5H3;5-6H,1-4H3. The molecule has 0 atom stereocenters. The van der Waals surface area contributed by atoms with E-state index < -0.39 is 0 Å². The first-order valence-corrected chi connectivity index (χ1v) is 31.3. The average Bonchev–Trinajstić information content (AvgIpc) is 4.32. The van der Waals surface area contributed by atoms with E-state index in [1.54, 1.807) is 0 Å². The summed E-state index contributed by atoms with van der Waals surface area (Å²) in [7, 11) is 0. The molecule has 0 unspecified atom stereocenters. The number of nitrogens with zero attached hydrogens (tertiary/aromatic N) is 14. The molecule has 7 aromatic heterocycles. The zero-order valence-electron chi connectivity index (χ0n) is 60.3. The maximum Gasteiger partial charge on any atom is 0.106 e. The SMILES string of the molecule is Cc1cn(C(C)C)c(C)n1.Cc1nc(C(C)C)c(C)n1C(C)C.Cc1nc(C(C)C)c(C)n1C(C)C.Cc1nc(C(C)C)c(C)n1C(C)C.Cc1nc(C(C)C)cn1C(C)C.Cc1nc(C)n(C(C)C)c1C.Cc1nc(C)n(C(C)C)c1C. The third-order valence-corrected chi connectivity index (χ3v) is 15.1. The van der Waals surface area contributed by atoms with Gasteiger partial charge in [-0.2, -0.15) is 0 Å². The Bertz CT molecular complexity index is 2820. The van der Waals surface area contributed by atoms with E-state index in [4.69, 9.17) is 0 Å². The van der Waals surface area contributed by atoms with Gasteiger partial charge in [0.05, 0.1) is 39.9 Å². The van der Waals surface area contributed by atoms with E-state index >= 15 is 0 Å². The zero-order chi connectivity index (χ0) is 64.7. The molecule has 0 amide bonds. The molecule has 0 bridgehead atoms. The van der Waals surface area contributed by atoms with Crippen LogP contribution in [-0.4, -0.2) is 66.9 Å². The predicted molar refractivity (Wildman–Crippen MR) is 356 cm³/mol. The molecule has 0 aliphatic rings. The quantitative estimate of drug-likeness (QED) is 0.126. The summed E-state index contributed by atoms with van der Waals surface area (Å²) in [6.45, 7) is 79.4. The van der Waals surface area contributed by atoms with Gasteiger partial charge in [-0.05, 0) is 224 Å². The van der Waals surface area contributed by atoms with Crippen molar-refractivity contribution in [2.24, 2.45) is 0 Å². The normalized spacial score (nSPS) is 11.4. The molecule has 0 saturated heterocycles. The number of rotatable bonds is 11. The molecule has 0 radical (unpaired) electrons. The molecule has 0 spiro atoms. The third kappa shape index (κ3) is 20.9. The van der Waals surface area contributed by atoms with Crippen molar-refractivity contribution in [1.82, 2.24) is 66.9 Å². The van der Waals surface area contributed by atoms with Crippen LogP contribution in [0.15, 0.2) is 12.4 Å². The predicted octanol–water partition coefficient (Wildman–Crippen LogP) is 19.4. The zero-order valence-corrected chi connectivity index (χ0v) is 60.3. The Morgan fingerprint density at radius 3 is 0.602 bits per heavy atom. The van der Waals surface area contributed by atoms with Gasteiger partial charge in [0.1, 0.15) is 40.8 Å². The topological polar surface area (TPSA) is 125 Å².